The molecule has 0 radical (unpaired) electrons. The number of rotatable bonds is 2. The molecule has 16 heavy (non-hydrogen) atoms. The highest BCUT2D eigenvalue weighted by molar-refractivity contribution is 6.46. The van der Waals surface area contributed by atoms with Gasteiger partial charge in [-0.2, -0.15) is 0 Å². The molecule has 3 amide bonds. The van der Waals surface area contributed by atoms with Gasteiger partial charge >= 0.3 is 6.03 Å². The number of urea groups is 1. The zero-order valence-corrected chi connectivity index (χ0v) is 9.54. The molecular weight excluding hydrogens is 208 g/mol. The first-order valence-electron chi connectivity index (χ1n) is 5.20. The highest BCUT2D eigenvalue weighted by Crippen LogP contribution is 2.18. The smallest absolute Gasteiger partial charge is 0.299 e. The maximum absolute atomic E-state index is 12.0. The molecule has 2 aliphatic heterocycles. The normalized spacial score (nSPS) is 24.2. The van der Waals surface area contributed by atoms with Gasteiger partial charge in [-0.25, -0.2) is 14.8 Å². The zero-order valence-electron chi connectivity index (χ0n) is 9.54. The van der Waals surface area contributed by atoms with Crippen molar-refractivity contribution in [1.82, 2.24) is 9.80 Å². The summed E-state index contributed by atoms with van der Waals surface area (Å²) in [5.74, 6) is -0.0833. The van der Waals surface area contributed by atoms with Gasteiger partial charge in [0.2, 0.25) is 0 Å². The first-order valence-corrected chi connectivity index (χ1v) is 5.20. The third-order valence-corrected chi connectivity index (χ3v) is 2.56. The Labute approximate surface area is 93.6 Å². The lowest BCUT2D eigenvalue weighted by atomic mass is 10.1. The fourth-order valence-corrected chi connectivity index (χ4v) is 1.79. The molecule has 0 aromatic heterocycles. The number of nitrogens with zero attached hydrogens (tertiary/aromatic N) is 4. The molecule has 86 valence electrons. The first-order chi connectivity index (χ1) is 7.52. The van der Waals surface area contributed by atoms with Crippen LogP contribution < -0.4 is 0 Å². The molecule has 2 aliphatic rings. The summed E-state index contributed by atoms with van der Waals surface area (Å²) in [7, 11) is 1.63. The number of carbonyl (C=O) groups is 2. The van der Waals surface area contributed by atoms with Crippen LogP contribution in [0.25, 0.3) is 0 Å². The van der Waals surface area contributed by atoms with Crippen LogP contribution >= 0.6 is 0 Å². The predicted molar refractivity (Wildman–Crippen MR) is 59.4 cm³/mol. The summed E-state index contributed by atoms with van der Waals surface area (Å²) in [6.45, 7) is 4.33. The maximum atomic E-state index is 12.0. The average molecular weight is 222 g/mol. The summed E-state index contributed by atoms with van der Waals surface area (Å²) >= 11 is 0. The summed E-state index contributed by atoms with van der Waals surface area (Å²) in [5.41, 5.74) is 0.336. The Balaban J connectivity index is 2.28. The minimum Gasteiger partial charge on any atom is -0.299 e. The van der Waals surface area contributed by atoms with E-state index in [1.165, 1.54) is 16.1 Å². The van der Waals surface area contributed by atoms with Gasteiger partial charge in [0.05, 0.1) is 0 Å². The quantitative estimate of drug-likeness (QED) is 0.676. The molecule has 1 unspecified atom stereocenters. The lowest BCUT2D eigenvalue weighted by Crippen LogP contribution is -2.60. The Morgan fingerprint density at radius 3 is 2.75 bits per heavy atom. The predicted octanol–water partition coefficient (Wildman–Crippen LogP) is 0.345. The number of imide groups is 1. The lowest BCUT2D eigenvalue weighted by Gasteiger charge is -2.35. The summed E-state index contributed by atoms with van der Waals surface area (Å²) < 4.78 is 0. The van der Waals surface area contributed by atoms with E-state index in [0.29, 0.717) is 12.3 Å². The molecule has 0 aromatic carbocycles. The number of hydrogen-bond donors (Lipinski definition) is 0. The summed E-state index contributed by atoms with van der Waals surface area (Å²) in [6.07, 6.45) is 0.809. The first kappa shape index (κ1) is 10.8. The van der Waals surface area contributed by atoms with Crippen LogP contribution in [-0.4, -0.2) is 53.5 Å². The highest BCUT2D eigenvalue weighted by atomic mass is 16.2. The molecule has 1 atom stereocenters. The number of fused-ring (bicyclic) bond motifs is 1. The second-order valence-electron chi connectivity index (χ2n) is 4.36. The summed E-state index contributed by atoms with van der Waals surface area (Å²) in [5, 5.41) is 0. The van der Waals surface area contributed by atoms with E-state index in [9.17, 15) is 9.59 Å². The molecule has 0 aromatic rings. The number of carbonyl (C=O) groups excluding carboxylic acids is 2. The van der Waals surface area contributed by atoms with Crippen molar-refractivity contribution in [2.45, 2.75) is 20.0 Å². The molecule has 6 nitrogen and oxygen atoms in total. The zero-order chi connectivity index (χ0) is 11.9. The van der Waals surface area contributed by atoms with Crippen molar-refractivity contribution in [1.29, 1.82) is 0 Å². The average Bonchev–Trinajstić information content (AvgIpc) is 2.70. The van der Waals surface area contributed by atoms with Gasteiger partial charge < -0.3 is 0 Å². The lowest BCUT2D eigenvalue weighted by molar-refractivity contribution is -0.123. The second kappa shape index (κ2) is 3.70. The molecule has 1 fully saturated rings. The van der Waals surface area contributed by atoms with E-state index >= 15 is 0 Å². The minimum atomic E-state index is -0.525. The van der Waals surface area contributed by atoms with Crippen LogP contribution in [0, 0.1) is 5.92 Å². The molecule has 0 bridgehead atoms. The van der Waals surface area contributed by atoms with E-state index in [4.69, 9.17) is 0 Å². The molecule has 0 spiro atoms. The molecule has 0 saturated carbocycles. The van der Waals surface area contributed by atoms with Crippen molar-refractivity contribution >= 4 is 24.0 Å². The maximum Gasteiger partial charge on any atom is 0.328 e. The topological polar surface area (TPSA) is 65.3 Å². The summed E-state index contributed by atoms with van der Waals surface area (Å²) in [6, 6.07) is -0.304. The van der Waals surface area contributed by atoms with Crippen molar-refractivity contribution in [2.75, 3.05) is 13.6 Å². The molecule has 2 rings (SSSR count). The van der Waals surface area contributed by atoms with Crippen LogP contribution in [-0.2, 0) is 4.79 Å². The van der Waals surface area contributed by atoms with Gasteiger partial charge in [-0.1, -0.05) is 13.8 Å². The third-order valence-electron chi connectivity index (χ3n) is 2.56. The molecule has 1 saturated heterocycles. The molecular formula is C10H14N4O2. The third kappa shape index (κ3) is 1.50. The van der Waals surface area contributed by atoms with Crippen LogP contribution in [0.3, 0.4) is 0 Å². The Morgan fingerprint density at radius 1 is 1.44 bits per heavy atom. The van der Waals surface area contributed by atoms with Crippen LogP contribution in [0.1, 0.15) is 13.8 Å². The van der Waals surface area contributed by atoms with Gasteiger partial charge in [-0.3, -0.25) is 14.6 Å². The van der Waals surface area contributed by atoms with E-state index in [-0.39, 0.29) is 17.9 Å². The number of amides is 3. The van der Waals surface area contributed by atoms with Crippen LogP contribution in [0.15, 0.2) is 9.98 Å². The van der Waals surface area contributed by atoms with Crippen molar-refractivity contribution in [3.8, 4) is 0 Å². The van der Waals surface area contributed by atoms with Crippen molar-refractivity contribution in [3.63, 3.8) is 0 Å². The Kier molecular flexibility index (Phi) is 2.49. The number of aliphatic imine (C=N–C) groups is 2. The molecule has 2 heterocycles. The fraction of sp³-hybridized carbons (Fsp3) is 0.600. The van der Waals surface area contributed by atoms with Gasteiger partial charge in [-0.15, -0.1) is 0 Å². The Hall–Kier alpha value is -1.72. The second-order valence-corrected chi connectivity index (χ2v) is 4.36. The van der Waals surface area contributed by atoms with Gasteiger partial charge in [0.15, 0.2) is 11.9 Å². The Morgan fingerprint density at radius 2 is 2.12 bits per heavy atom. The van der Waals surface area contributed by atoms with Crippen molar-refractivity contribution in [3.05, 3.63) is 0 Å². The number of hydrogen-bond acceptors (Lipinski definition) is 4. The Bertz CT molecular complexity index is 400. The highest BCUT2D eigenvalue weighted by Gasteiger charge is 2.43. The molecule has 0 aliphatic carbocycles. The SMILES string of the molecule is CC(C)CN1C(=O)C2=NC=NC2N(C)C1=O. The monoisotopic (exact) mass is 222 g/mol. The molecule has 0 N–H and O–H groups in total. The van der Waals surface area contributed by atoms with Crippen LogP contribution in [0.5, 0.6) is 0 Å². The largest absolute Gasteiger partial charge is 0.328 e. The minimum absolute atomic E-state index is 0.237. The van der Waals surface area contributed by atoms with E-state index < -0.39 is 6.17 Å². The van der Waals surface area contributed by atoms with Gasteiger partial charge in [0, 0.05) is 13.6 Å². The van der Waals surface area contributed by atoms with E-state index in [2.05, 4.69) is 9.98 Å². The van der Waals surface area contributed by atoms with Gasteiger partial charge in [-0.05, 0) is 5.92 Å². The van der Waals surface area contributed by atoms with Crippen LogP contribution in [0.4, 0.5) is 4.79 Å². The van der Waals surface area contributed by atoms with Crippen molar-refractivity contribution < 1.29 is 9.59 Å². The van der Waals surface area contributed by atoms with Gasteiger partial charge in [0.25, 0.3) is 5.91 Å². The van der Waals surface area contributed by atoms with E-state index in [1.807, 2.05) is 13.8 Å². The molecule has 6 heteroatoms. The standard InChI is InChI=1S/C10H14N4O2/c1-6(2)4-14-9(15)7-8(12-5-11-7)13(3)10(14)16/h5-6,8H,4H2,1-3H3. The summed E-state index contributed by atoms with van der Waals surface area (Å²) in [4.78, 5) is 34.5. The van der Waals surface area contributed by atoms with Gasteiger partial charge in [0.1, 0.15) is 6.34 Å². The van der Waals surface area contributed by atoms with Crippen LogP contribution in [0.2, 0.25) is 0 Å². The fourth-order valence-electron chi connectivity index (χ4n) is 1.79. The van der Waals surface area contributed by atoms with Crippen molar-refractivity contribution in [2.24, 2.45) is 15.9 Å². The van der Waals surface area contributed by atoms with E-state index in [0.717, 1.165) is 0 Å². The van der Waals surface area contributed by atoms with E-state index in [1.54, 1.807) is 7.05 Å².